The quantitative estimate of drug-likeness (QED) is 0.582. The Morgan fingerprint density at radius 1 is 0.947 bits per heavy atom. The molecule has 2 aliphatic rings. The summed E-state index contributed by atoms with van der Waals surface area (Å²) in [5, 5.41) is 0. The highest BCUT2D eigenvalue weighted by Crippen LogP contribution is 2.32. The zero-order valence-corrected chi connectivity index (χ0v) is 12.9. The van der Waals surface area contributed by atoms with Crippen LogP contribution in [0.4, 0.5) is 0 Å². The molecule has 0 radical (unpaired) electrons. The maximum atomic E-state index is 2.54. The van der Waals surface area contributed by atoms with E-state index in [0.29, 0.717) is 0 Å². The minimum atomic E-state index is 0.879. The standard InChI is InChI=1S/C18H33N/c1-2-3-5-8-17-9-11-18(12-10-17)13-16-19-14-6-4-7-15-19/h13,16-18H,2-12,14-15H2,1H3/t17-,18-. The van der Waals surface area contributed by atoms with E-state index in [9.17, 15) is 0 Å². The van der Waals surface area contributed by atoms with Crippen LogP contribution in [0.3, 0.4) is 0 Å². The van der Waals surface area contributed by atoms with Crippen molar-refractivity contribution in [3.8, 4) is 0 Å². The van der Waals surface area contributed by atoms with Gasteiger partial charge in [-0.05, 0) is 63.0 Å². The van der Waals surface area contributed by atoms with Gasteiger partial charge in [-0.3, -0.25) is 0 Å². The first-order chi connectivity index (χ1) is 9.38. The Balaban J connectivity index is 1.61. The van der Waals surface area contributed by atoms with Gasteiger partial charge < -0.3 is 4.90 Å². The number of piperidine rings is 1. The van der Waals surface area contributed by atoms with E-state index in [4.69, 9.17) is 0 Å². The van der Waals surface area contributed by atoms with Crippen LogP contribution in [0.5, 0.6) is 0 Å². The van der Waals surface area contributed by atoms with Crippen molar-refractivity contribution in [2.75, 3.05) is 13.1 Å². The van der Waals surface area contributed by atoms with Crippen molar-refractivity contribution in [2.24, 2.45) is 11.8 Å². The van der Waals surface area contributed by atoms with E-state index in [1.807, 2.05) is 0 Å². The maximum Gasteiger partial charge on any atom is 0.0172 e. The summed E-state index contributed by atoms with van der Waals surface area (Å²) in [5.74, 6) is 1.93. The van der Waals surface area contributed by atoms with Gasteiger partial charge in [-0.15, -0.1) is 0 Å². The number of allylic oxidation sites excluding steroid dienone is 1. The molecular formula is C18H33N. The van der Waals surface area contributed by atoms with Gasteiger partial charge >= 0.3 is 0 Å². The molecule has 0 amide bonds. The summed E-state index contributed by atoms with van der Waals surface area (Å²) in [6.45, 7) is 4.90. The van der Waals surface area contributed by atoms with Gasteiger partial charge in [0, 0.05) is 13.1 Å². The van der Waals surface area contributed by atoms with Crippen molar-refractivity contribution < 1.29 is 0 Å². The lowest BCUT2D eigenvalue weighted by Gasteiger charge is -2.29. The molecule has 2 fully saturated rings. The topological polar surface area (TPSA) is 3.24 Å². The van der Waals surface area contributed by atoms with Crippen LogP contribution in [0.1, 0.15) is 77.6 Å². The highest BCUT2D eigenvalue weighted by molar-refractivity contribution is 4.91. The zero-order valence-electron chi connectivity index (χ0n) is 12.9. The predicted molar refractivity (Wildman–Crippen MR) is 84.2 cm³/mol. The first-order valence-corrected chi connectivity index (χ1v) is 8.81. The summed E-state index contributed by atoms with van der Waals surface area (Å²) < 4.78 is 0. The molecule has 0 aromatic carbocycles. The molecule has 0 spiro atoms. The fourth-order valence-corrected chi connectivity index (χ4v) is 3.66. The number of rotatable bonds is 6. The highest BCUT2D eigenvalue weighted by atomic mass is 15.1. The summed E-state index contributed by atoms with van der Waals surface area (Å²) in [4.78, 5) is 2.54. The summed E-state index contributed by atoms with van der Waals surface area (Å²) in [5.41, 5.74) is 0. The first kappa shape index (κ1) is 14.9. The molecule has 0 atom stereocenters. The first-order valence-electron chi connectivity index (χ1n) is 8.81. The van der Waals surface area contributed by atoms with E-state index < -0.39 is 0 Å². The second kappa shape index (κ2) is 8.66. The van der Waals surface area contributed by atoms with Gasteiger partial charge in [0.15, 0.2) is 0 Å². The number of likely N-dealkylation sites (tertiary alicyclic amines) is 1. The largest absolute Gasteiger partial charge is 0.378 e. The molecular weight excluding hydrogens is 230 g/mol. The third-order valence-electron chi connectivity index (χ3n) is 5.07. The SMILES string of the molecule is CCCCC[C@H]1CC[C@H](C=CN2CCCCC2)CC1. The van der Waals surface area contributed by atoms with Crippen LogP contribution < -0.4 is 0 Å². The van der Waals surface area contributed by atoms with Crippen LogP contribution in [0.25, 0.3) is 0 Å². The van der Waals surface area contributed by atoms with Gasteiger partial charge in [-0.1, -0.05) is 38.7 Å². The molecule has 19 heavy (non-hydrogen) atoms. The van der Waals surface area contributed by atoms with Crippen molar-refractivity contribution >= 4 is 0 Å². The number of unbranched alkanes of at least 4 members (excludes halogenated alkanes) is 2. The monoisotopic (exact) mass is 263 g/mol. The Labute approximate surface area is 120 Å². The Bertz CT molecular complexity index is 244. The molecule has 0 aromatic heterocycles. The number of hydrogen-bond acceptors (Lipinski definition) is 1. The molecule has 0 aromatic rings. The molecule has 1 saturated heterocycles. The van der Waals surface area contributed by atoms with E-state index in [-0.39, 0.29) is 0 Å². The van der Waals surface area contributed by atoms with E-state index in [1.54, 1.807) is 0 Å². The van der Waals surface area contributed by atoms with Crippen LogP contribution in [0, 0.1) is 11.8 Å². The van der Waals surface area contributed by atoms with Crippen LogP contribution in [0.15, 0.2) is 12.3 Å². The van der Waals surface area contributed by atoms with Gasteiger partial charge in [0.25, 0.3) is 0 Å². The van der Waals surface area contributed by atoms with Gasteiger partial charge in [-0.2, -0.15) is 0 Å². The summed E-state index contributed by atoms with van der Waals surface area (Å²) in [7, 11) is 0. The number of hydrogen-bond donors (Lipinski definition) is 0. The van der Waals surface area contributed by atoms with Gasteiger partial charge in [0.2, 0.25) is 0 Å². The molecule has 1 saturated carbocycles. The molecule has 0 unspecified atom stereocenters. The molecule has 1 heteroatoms. The third-order valence-corrected chi connectivity index (χ3v) is 5.07. The second-order valence-electron chi connectivity index (χ2n) is 6.71. The molecule has 0 N–H and O–H groups in total. The molecule has 1 aliphatic carbocycles. The van der Waals surface area contributed by atoms with Crippen molar-refractivity contribution in [2.45, 2.75) is 77.6 Å². The summed E-state index contributed by atoms with van der Waals surface area (Å²) in [6, 6.07) is 0. The van der Waals surface area contributed by atoms with Crippen LogP contribution in [-0.4, -0.2) is 18.0 Å². The smallest absolute Gasteiger partial charge is 0.0172 e. The lowest BCUT2D eigenvalue weighted by Crippen LogP contribution is -2.24. The Hall–Kier alpha value is -0.460. The lowest BCUT2D eigenvalue weighted by molar-refractivity contribution is 0.280. The lowest BCUT2D eigenvalue weighted by atomic mass is 9.80. The van der Waals surface area contributed by atoms with Gasteiger partial charge in [0.1, 0.15) is 0 Å². The average Bonchev–Trinajstić information content (AvgIpc) is 2.48. The minimum absolute atomic E-state index is 0.879. The van der Waals surface area contributed by atoms with Crippen LogP contribution in [0.2, 0.25) is 0 Å². The second-order valence-corrected chi connectivity index (χ2v) is 6.71. The third kappa shape index (κ3) is 5.58. The van der Waals surface area contributed by atoms with E-state index in [2.05, 4.69) is 24.1 Å². The van der Waals surface area contributed by atoms with Crippen LogP contribution in [-0.2, 0) is 0 Å². The normalized spacial score (nSPS) is 29.0. The van der Waals surface area contributed by atoms with Crippen molar-refractivity contribution in [3.63, 3.8) is 0 Å². The van der Waals surface area contributed by atoms with Gasteiger partial charge in [0.05, 0.1) is 0 Å². The maximum absolute atomic E-state index is 2.54. The highest BCUT2D eigenvalue weighted by Gasteiger charge is 2.19. The van der Waals surface area contributed by atoms with Crippen molar-refractivity contribution in [1.82, 2.24) is 4.90 Å². The van der Waals surface area contributed by atoms with Crippen LogP contribution >= 0.6 is 0 Å². The Kier molecular flexibility index (Phi) is 6.81. The predicted octanol–water partition coefficient (Wildman–Crippen LogP) is 5.37. The minimum Gasteiger partial charge on any atom is -0.378 e. The Morgan fingerprint density at radius 2 is 1.68 bits per heavy atom. The fourth-order valence-electron chi connectivity index (χ4n) is 3.66. The molecule has 1 nitrogen and oxygen atoms in total. The number of nitrogens with zero attached hydrogens (tertiary/aromatic N) is 1. The van der Waals surface area contributed by atoms with Gasteiger partial charge in [-0.25, -0.2) is 0 Å². The zero-order chi connectivity index (χ0) is 13.3. The van der Waals surface area contributed by atoms with Crippen molar-refractivity contribution in [1.29, 1.82) is 0 Å². The van der Waals surface area contributed by atoms with E-state index in [1.165, 1.54) is 83.7 Å². The molecule has 110 valence electrons. The molecule has 0 bridgehead atoms. The fraction of sp³-hybridized carbons (Fsp3) is 0.889. The Morgan fingerprint density at radius 3 is 2.37 bits per heavy atom. The molecule has 1 aliphatic heterocycles. The summed E-state index contributed by atoms with van der Waals surface area (Å²) in [6.07, 6.45) is 20.8. The van der Waals surface area contributed by atoms with Crippen molar-refractivity contribution in [3.05, 3.63) is 12.3 Å². The average molecular weight is 263 g/mol. The molecule has 2 rings (SSSR count). The van der Waals surface area contributed by atoms with E-state index >= 15 is 0 Å². The summed E-state index contributed by atoms with van der Waals surface area (Å²) >= 11 is 0. The van der Waals surface area contributed by atoms with E-state index in [0.717, 1.165) is 11.8 Å². The molecule has 1 heterocycles.